The minimum atomic E-state index is -0.267. The molecule has 28 heavy (non-hydrogen) atoms. The summed E-state index contributed by atoms with van der Waals surface area (Å²) in [5.41, 5.74) is 2.76. The topological polar surface area (TPSA) is 60.1 Å². The number of nitrogens with one attached hydrogen (secondary N) is 1. The Balaban J connectivity index is 1.46. The van der Waals surface area contributed by atoms with Crippen molar-refractivity contribution in [3.63, 3.8) is 0 Å². The third kappa shape index (κ3) is 4.02. The number of furan rings is 1. The van der Waals surface area contributed by atoms with Crippen molar-refractivity contribution in [2.75, 3.05) is 5.32 Å². The Labute approximate surface area is 167 Å². The molecule has 0 aliphatic heterocycles. The van der Waals surface area contributed by atoms with E-state index >= 15 is 0 Å². The predicted octanol–water partition coefficient (Wildman–Crippen LogP) is 5.22. The second-order valence-corrected chi connectivity index (χ2v) is 7.18. The zero-order valence-corrected chi connectivity index (χ0v) is 16.1. The highest BCUT2D eigenvalue weighted by Crippen LogP contribution is 2.28. The van der Waals surface area contributed by atoms with Crippen LogP contribution >= 0.6 is 11.8 Å². The van der Waals surface area contributed by atoms with Gasteiger partial charge in [0.05, 0.1) is 5.75 Å². The highest BCUT2D eigenvalue weighted by atomic mass is 32.2. The maximum Gasteiger partial charge on any atom is 0.291 e. The fourth-order valence-electron chi connectivity index (χ4n) is 2.85. The Morgan fingerprint density at radius 1 is 1.07 bits per heavy atom. The summed E-state index contributed by atoms with van der Waals surface area (Å²) in [6, 6.07) is 21.2. The van der Waals surface area contributed by atoms with Crippen LogP contribution in [0, 0.1) is 0 Å². The minimum Gasteiger partial charge on any atom is -0.455 e. The highest BCUT2D eigenvalue weighted by molar-refractivity contribution is 7.98. The summed E-state index contributed by atoms with van der Waals surface area (Å²) in [5, 5.41) is 3.86. The Hall–Kier alpha value is -3.25. The second kappa shape index (κ2) is 8.19. The third-order valence-electron chi connectivity index (χ3n) is 4.27. The van der Waals surface area contributed by atoms with Gasteiger partial charge in [-0.25, -0.2) is 4.98 Å². The molecule has 0 aliphatic rings. The molecule has 0 aliphatic carbocycles. The number of rotatable bonds is 6. The van der Waals surface area contributed by atoms with Crippen molar-refractivity contribution >= 4 is 23.4 Å². The lowest BCUT2D eigenvalue weighted by molar-refractivity contribution is 0.0995. The monoisotopic (exact) mass is 389 g/mol. The number of para-hydroxylation sites is 1. The van der Waals surface area contributed by atoms with Crippen molar-refractivity contribution in [2.45, 2.75) is 10.9 Å². The van der Waals surface area contributed by atoms with Gasteiger partial charge in [-0.2, -0.15) is 0 Å². The summed E-state index contributed by atoms with van der Waals surface area (Å²) in [5.74, 6) is 1.36. The van der Waals surface area contributed by atoms with Crippen molar-refractivity contribution in [3.05, 3.63) is 90.6 Å². The van der Waals surface area contributed by atoms with Crippen LogP contribution in [0.3, 0.4) is 0 Å². The average molecular weight is 389 g/mol. The van der Waals surface area contributed by atoms with Crippen LogP contribution in [0.25, 0.3) is 11.1 Å². The van der Waals surface area contributed by atoms with Crippen molar-refractivity contribution in [2.24, 2.45) is 7.05 Å². The molecule has 2 heterocycles. The van der Waals surface area contributed by atoms with Crippen molar-refractivity contribution < 1.29 is 9.21 Å². The summed E-state index contributed by atoms with van der Waals surface area (Å²) in [7, 11) is 1.94. The van der Waals surface area contributed by atoms with Gasteiger partial charge in [-0.1, -0.05) is 60.3 Å². The number of carbonyl (C=O) groups is 1. The number of amides is 1. The van der Waals surface area contributed by atoms with Crippen LogP contribution in [-0.4, -0.2) is 15.5 Å². The van der Waals surface area contributed by atoms with Gasteiger partial charge in [-0.15, -0.1) is 0 Å². The molecular formula is C22H19N3O2S. The van der Waals surface area contributed by atoms with Crippen LogP contribution in [0.5, 0.6) is 0 Å². The van der Waals surface area contributed by atoms with E-state index in [1.54, 1.807) is 24.0 Å². The van der Waals surface area contributed by atoms with Gasteiger partial charge in [-0.05, 0) is 23.8 Å². The molecule has 0 atom stereocenters. The highest BCUT2D eigenvalue weighted by Gasteiger charge is 2.14. The fraction of sp³-hybridized carbons (Fsp3) is 0.0909. The molecule has 0 radical (unpaired) electrons. The zero-order chi connectivity index (χ0) is 19.3. The Morgan fingerprint density at radius 2 is 1.86 bits per heavy atom. The number of thioether (sulfide) groups is 1. The van der Waals surface area contributed by atoms with Gasteiger partial charge < -0.3 is 14.3 Å². The standard InChI is InChI=1S/C22H19N3O2S/c1-25-14-13-23-22(25)28-15-17-11-12-20(27-17)21(26)24-19-10-6-5-9-18(19)16-7-3-2-4-8-16/h2-14H,15H2,1H3,(H,24,26). The Kier molecular flexibility index (Phi) is 5.30. The van der Waals surface area contributed by atoms with Crippen LogP contribution in [0.15, 0.2) is 88.7 Å². The van der Waals surface area contributed by atoms with Crippen molar-refractivity contribution in [3.8, 4) is 11.1 Å². The largest absolute Gasteiger partial charge is 0.455 e. The molecule has 140 valence electrons. The number of benzene rings is 2. The van der Waals surface area contributed by atoms with Crippen LogP contribution in [0.1, 0.15) is 16.3 Å². The van der Waals surface area contributed by atoms with Gasteiger partial charge in [0.1, 0.15) is 5.76 Å². The molecular weight excluding hydrogens is 370 g/mol. The van der Waals surface area contributed by atoms with Gasteiger partial charge in [0, 0.05) is 30.7 Å². The first-order chi connectivity index (χ1) is 13.7. The number of imidazole rings is 1. The van der Waals surface area contributed by atoms with Crippen LogP contribution in [0.2, 0.25) is 0 Å². The van der Waals surface area contributed by atoms with Gasteiger partial charge >= 0.3 is 0 Å². The van der Waals surface area contributed by atoms with E-state index in [2.05, 4.69) is 10.3 Å². The number of hydrogen-bond acceptors (Lipinski definition) is 4. The van der Waals surface area contributed by atoms with Crippen molar-refractivity contribution in [1.82, 2.24) is 9.55 Å². The molecule has 1 amide bonds. The predicted molar refractivity (Wildman–Crippen MR) is 111 cm³/mol. The lowest BCUT2D eigenvalue weighted by atomic mass is 10.0. The van der Waals surface area contributed by atoms with Gasteiger partial charge in [-0.3, -0.25) is 4.79 Å². The lowest BCUT2D eigenvalue weighted by Gasteiger charge is -2.10. The minimum absolute atomic E-state index is 0.267. The molecule has 2 aromatic heterocycles. The van der Waals surface area contributed by atoms with Crippen LogP contribution < -0.4 is 5.32 Å². The van der Waals surface area contributed by atoms with Gasteiger partial charge in [0.2, 0.25) is 0 Å². The van der Waals surface area contributed by atoms with E-state index < -0.39 is 0 Å². The van der Waals surface area contributed by atoms with E-state index in [1.165, 1.54) is 0 Å². The molecule has 0 saturated carbocycles. The molecule has 4 aromatic rings. The van der Waals surface area contributed by atoms with E-state index in [1.807, 2.05) is 78.5 Å². The Bertz CT molecular complexity index is 1090. The molecule has 0 saturated heterocycles. The van der Waals surface area contributed by atoms with E-state index in [0.29, 0.717) is 11.5 Å². The fourth-order valence-corrected chi connectivity index (χ4v) is 3.68. The molecule has 0 spiro atoms. The maximum absolute atomic E-state index is 12.7. The van der Waals surface area contributed by atoms with Gasteiger partial charge in [0.25, 0.3) is 5.91 Å². The summed E-state index contributed by atoms with van der Waals surface area (Å²) >= 11 is 1.56. The molecule has 2 aromatic carbocycles. The number of hydrogen-bond donors (Lipinski definition) is 1. The number of aryl methyl sites for hydroxylation is 1. The summed E-state index contributed by atoms with van der Waals surface area (Å²) in [6.07, 6.45) is 3.65. The van der Waals surface area contributed by atoms with E-state index in [9.17, 15) is 4.79 Å². The molecule has 5 nitrogen and oxygen atoms in total. The molecule has 0 bridgehead atoms. The number of aromatic nitrogens is 2. The lowest BCUT2D eigenvalue weighted by Crippen LogP contribution is -2.11. The smallest absolute Gasteiger partial charge is 0.291 e. The summed E-state index contributed by atoms with van der Waals surface area (Å²) < 4.78 is 7.68. The van der Waals surface area contributed by atoms with E-state index in [4.69, 9.17) is 4.42 Å². The molecule has 0 unspecified atom stereocenters. The first-order valence-electron chi connectivity index (χ1n) is 8.85. The van der Waals surface area contributed by atoms with Gasteiger partial charge in [0.15, 0.2) is 10.9 Å². The normalized spacial score (nSPS) is 10.8. The van der Waals surface area contributed by atoms with E-state index in [-0.39, 0.29) is 5.91 Å². The molecule has 1 N–H and O–H groups in total. The summed E-state index contributed by atoms with van der Waals surface area (Å²) in [6.45, 7) is 0. The first kappa shape index (κ1) is 18.1. The Morgan fingerprint density at radius 3 is 2.64 bits per heavy atom. The number of carbonyl (C=O) groups excluding carboxylic acids is 1. The zero-order valence-electron chi connectivity index (χ0n) is 15.3. The third-order valence-corrected chi connectivity index (χ3v) is 5.35. The average Bonchev–Trinajstić information content (AvgIpc) is 3.36. The van der Waals surface area contributed by atoms with Crippen LogP contribution in [-0.2, 0) is 12.8 Å². The molecule has 0 fully saturated rings. The molecule has 4 rings (SSSR count). The van der Waals surface area contributed by atoms with Crippen molar-refractivity contribution in [1.29, 1.82) is 0 Å². The first-order valence-corrected chi connectivity index (χ1v) is 9.84. The maximum atomic E-state index is 12.7. The summed E-state index contributed by atoms with van der Waals surface area (Å²) in [4.78, 5) is 16.9. The number of nitrogens with zero attached hydrogens (tertiary/aromatic N) is 2. The van der Waals surface area contributed by atoms with E-state index in [0.717, 1.165) is 27.7 Å². The number of anilines is 1. The quantitative estimate of drug-likeness (QED) is 0.459. The SMILES string of the molecule is Cn1ccnc1SCc1ccc(C(=O)Nc2ccccc2-c2ccccc2)o1. The second-order valence-electron chi connectivity index (χ2n) is 6.24. The van der Waals surface area contributed by atoms with Crippen LogP contribution in [0.4, 0.5) is 5.69 Å². The molecule has 6 heteroatoms.